The maximum absolute atomic E-state index is 2.51. The van der Waals surface area contributed by atoms with Gasteiger partial charge in [-0.15, -0.1) is 0 Å². The van der Waals surface area contributed by atoms with Crippen molar-refractivity contribution in [2.24, 2.45) is 0 Å². The first-order valence-electron chi connectivity index (χ1n) is 10.6. The van der Waals surface area contributed by atoms with E-state index in [1.807, 2.05) is 0 Å². The van der Waals surface area contributed by atoms with E-state index >= 15 is 0 Å². The first-order chi connectivity index (χ1) is 14.3. The molecular formula is C27H27Cl3SiTi. The summed E-state index contributed by atoms with van der Waals surface area (Å²) in [5.41, 5.74) is 1.57. The molecule has 0 spiro atoms. The van der Waals surface area contributed by atoms with E-state index < -0.39 is 8.07 Å². The van der Waals surface area contributed by atoms with Gasteiger partial charge < -0.3 is 37.2 Å². The van der Waals surface area contributed by atoms with Crippen molar-refractivity contribution in [1.82, 2.24) is 0 Å². The van der Waals surface area contributed by atoms with Gasteiger partial charge in [0, 0.05) is 0 Å². The Hall–Kier alpha value is -1.06. The minimum Gasteiger partial charge on any atom is -1.00 e. The Morgan fingerprint density at radius 1 is 0.688 bits per heavy atom. The molecule has 0 unspecified atom stereocenters. The Balaban J connectivity index is 0.00000171. The van der Waals surface area contributed by atoms with Gasteiger partial charge in [0.05, 0.1) is 0 Å². The van der Waals surface area contributed by atoms with Gasteiger partial charge in [0.15, 0.2) is 0 Å². The normalized spacial score (nSPS) is 12.9. The summed E-state index contributed by atoms with van der Waals surface area (Å²) in [6, 6.07) is 33.8. The molecule has 3 aromatic rings. The van der Waals surface area contributed by atoms with Crippen LogP contribution in [-0.4, -0.2) is 8.07 Å². The van der Waals surface area contributed by atoms with Crippen LogP contribution in [0.1, 0.15) is 32.6 Å². The Morgan fingerprint density at radius 2 is 1.09 bits per heavy atom. The van der Waals surface area contributed by atoms with E-state index in [1.54, 1.807) is 14.6 Å². The topological polar surface area (TPSA) is 0 Å². The predicted octanol–water partition coefficient (Wildman–Crippen LogP) is -3.97. The molecule has 0 heterocycles. The second-order valence-electron chi connectivity index (χ2n) is 7.74. The summed E-state index contributed by atoms with van der Waals surface area (Å²) in [6.07, 6.45) is 7.31. The summed E-state index contributed by atoms with van der Waals surface area (Å²) in [5, 5.41) is 6.11. The van der Waals surface area contributed by atoms with E-state index in [1.165, 1.54) is 34.8 Å². The van der Waals surface area contributed by atoms with Gasteiger partial charge in [-0.3, -0.25) is 0 Å². The third-order valence-corrected chi connectivity index (χ3v) is 12.4. The molecule has 0 nitrogen and oxygen atoms in total. The minimum atomic E-state index is -2.31. The average Bonchev–Trinajstić information content (AvgIpc) is 3.16. The standard InChI is InChI=1S/C27H27Si.3ClH.Ti/c1-2-3-13-23-20-21-27(22-23)28(24-14-7-4-8-15-24,25-16-9-5-10-17-25)26-18-11-6-12-19-26;;;;/h4-12,14-20H,2-3,13,21H2,1H3;3*1H;/q;;;;+3/p-3. The van der Waals surface area contributed by atoms with Crippen molar-refractivity contribution < 1.29 is 57.7 Å². The van der Waals surface area contributed by atoms with Crippen molar-refractivity contribution in [3.05, 3.63) is 112 Å². The van der Waals surface area contributed by atoms with E-state index in [9.17, 15) is 0 Å². The van der Waals surface area contributed by atoms with Crippen molar-refractivity contribution >= 4 is 23.6 Å². The number of benzene rings is 3. The van der Waals surface area contributed by atoms with Gasteiger partial charge in [-0.25, -0.2) is 0 Å². The molecule has 0 radical (unpaired) electrons. The third kappa shape index (κ3) is 5.53. The Kier molecular flexibility index (Phi) is 12.3. The second kappa shape index (κ2) is 13.6. The first kappa shape index (κ1) is 29.0. The maximum atomic E-state index is 2.51. The molecule has 0 aliphatic heterocycles. The third-order valence-electron chi connectivity index (χ3n) is 6.05. The molecule has 32 heavy (non-hydrogen) atoms. The molecule has 164 valence electrons. The Labute approximate surface area is 224 Å². The molecule has 0 N–H and O–H groups in total. The zero-order chi connectivity index (χ0) is 20.1. The Morgan fingerprint density at radius 3 is 1.47 bits per heavy atom. The van der Waals surface area contributed by atoms with Crippen LogP contribution < -0.4 is 52.8 Å². The molecule has 4 rings (SSSR count). The van der Waals surface area contributed by atoms with Crippen LogP contribution in [0.25, 0.3) is 0 Å². The Bertz CT molecular complexity index is 922. The van der Waals surface area contributed by atoms with Crippen LogP contribution in [0.2, 0.25) is 0 Å². The molecule has 5 heteroatoms. The van der Waals surface area contributed by atoms with Gasteiger partial charge in [-0.05, 0) is 0 Å². The number of hydrogen-bond acceptors (Lipinski definition) is 0. The number of allylic oxidation sites excluding steroid dienone is 4. The van der Waals surface area contributed by atoms with E-state index in [4.69, 9.17) is 0 Å². The zero-order valence-corrected chi connectivity index (χ0v) is 23.0. The van der Waals surface area contributed by atoms with Crippen molar-refractivity contribution in [2.75, 3.05) is 0 Å². The van der Waals surface area contributed by atoms with Gasteiger partial charge in [0.25, 0.3) is 0 Å². The summed E-state index contributed by atoms with van der Waals surface area (Å²) in [4.78, 5) is 0. The summed E-state index contributed by atoms with van der Waals surface area (Å²) in [6.45, 7) is 2.28. The predicted molar refractivity (Wildman–Crippen MR) is 123 cm³/mol. The number of hydrogen-bond donors (Lipinski definition) is 0. The van der Waals surface area contributed by atoms with Gasteiger partial charge >= 0.3 is 188 Å². The summed E-state index contributed by atoms with van der Waals surface area (Å²) < 4.78 is 1.54. The van der Waals surface area contributed by atoms with Gasteiger partial charge in [-0.1, -0.05) is 0 Å². The van der Waals surface area contributed by atoms with E-state index in [0.29, 0.717) is 0 Å². The molecule has 0 bridgehead atoms. The van der Waals surface area contributed by atoms with Crippen LogP contribution in [0.4, 0.5) is 0 Å². The van der Waals surface area contributed by atoms with Crippen LogP contribution in [0.15, 0.2) is 112 Å². The molecular weight excluding hydrogens is 507 g/mol. The van der Waals surface area contributed by atoms with Crippen molar-refractivity contribution in [3.63, 3.8) is 0 Å². The fourth-order valence-corrected chi connectivity index (χ4v) is 11.1. The van der Waals surface area contributed by atoms with Crippen LogP contribution in [0.5, 0.6) is 0 Å². The average molecular weight is 534 g/mol. The summed E-state index contributed by atoms with van der Waals surface area (Å²) in [5.74, 6) is 0. The van der Waals surface area contributed by atoms with Crippen LogP contribution in [0.3, 0.4) is 0 Å². The van der Waals surface area contributed by atoms with E-state index in [2.05, 4.69) is 124 Å². The first-order valence-corrected chi connectivity index (χ1v) is 13.4. The zero-order valence-electron chi connectivity index (χ0n) is 18.2. The fourth-order valence-electron chi connectivity index (χ4n) is 4.65. The largest absolute Gasteiger partial charge is 1.00 e. The van der Waals surface area contributed by atoms with Crippen LogP contribution in [-0.2, 0) is 20.4 Å². The minimum absolute atomic E-state index is 0. The van der Waals surface area contributed by atoms with E-state index in [-0.39, 0.29) is 37.2 Å². The molecule has 0 atom stereocenters. The summed E-state index contributed by atoms with van der Waals surface area (Å²) in [7, 11) is -2.31. The number of unbranched alkanes of at least 4 members (excludes halogenated alkanes) is 1. The second-order valence-corrected chi connectivity index (χ2v) is 12.4. The molecule has 3 aromatic carbocycles. The van der Waals surface area contributed by atoms with Gasteiger partial charge in [0.1, 0.15) is 0 Å². The monoisotopic (exact) mass is 532 g/mol. The molecule has 0 aromatic heterocycles. The van der Waals surface area contributed by atoms with Crippen molar-refractivity contribution in [1.29, 1.82) is 0 Å². The SMILES string of the molecule is CCCCC1=CCC([Si](c2ccccc2)(c2ccccc2)c2ccccc2)=[C]1[Ti+3].[Cl-].[Cl-].[Cl-]. The number of halogens is 3. The van der Waals surface area contributed by atoms with Crippen molar-refractivity contribution in [3.8, 4) is 0 Å². The molecule has 0 amide bonds. The summed E-state index contributed by atoms with van der Waals surface area (Å²) >= 11 is 2.38. The molecule has 0 fully saturated rings. The quantitative estimate of drug-likeness (QED) is 0.215. The molecule has 0 saturated heterocycles. The van der Waals surface area contributed by atoms with Crippen LogP contribution >= 0.6 is 0 Å². The van der Waals surface area contributed by atoms with Gasteiger partial charge in [-0.2, -0.15) is 0 Å². The fraction of sp³-hybridized carbons (Fsp3) is 0.185. The van der Waals surface area contributed by atoms with Gasteiger partial charge in [0.2, 0.25) is 0 Å². The van der Waals surface area contributed by atoms with Crippen molar-refractivity contribution in [2.45, 2.75) is 32.6 Å². The smallest absolute Gasteiger partial charge is 1.00 e. The van der Waals surface area contributed by atoms with E-state index in [0.717, 1.165) is 6.42 Å². The molecule has 1 aliphatic rings. The van der Waals surface area contributed by atoms with Crippen LogP contribution in [0, 0.1) is 0 Å². The molecule has 1 aliphatic carbocycles. The number of rotatable bonds is 7. The maximum Gasteiger partial charge on any atom is -1.00 e. The molecule has 0 saturated carbocycles.